The molecule has 0 aliphatic heterocycles. The van der Waals surface area contributed by atoms with Crippen molar-refractivity contribution in [3.8, 4) is 5.75 Å². The van der Waals surface area contributed by atoms with Crippen LogP contribution in [-0.2, 0) is 0 Å². The largest absolute Gasteiger partial charge is 0.497 e. The van der Waals surface area contributed by atoms with Gasteiger partial charge in [0.25, 0.3) is 5.24 Å². The fourth-order valence-electron chi connectivity index (χ4n) is 1.43. The predicted molar refractivity (Wildman–Crippen MR) is 59.2 cm³/mol. The lowest BCUT2D eigenvalue weighted by molar-refractivity contribution is 0.108. The summed E-state index contributed by atoms with van der Waals surface area (Å²) < 4.78 is 9.93. The van der Waals surface area contributed by atoms with Gasteiger partial charge < -0.3 is 9.15 Å². The van der Waals surface area contributed by atoms with E-state index in [2.05, 4.69) is 0 Å². The van der Waals surface area contributed by atoms with Crippen molar-refractivity contribution in [2.24, 2.45) is 0 Å². The molecule has 0 fully saturated rings. The van der Waals surface area contributed by atoms with Crippen molar-refractivity contribution >= 4 is 27.8 Å². The summed E-state index contributed by atoms with van der Waals surface area (Å²) in [6.07, 6.45) is 0. The number of methoxy groups -OCH3 is 1. The molecule has 2 rings (SSSR count). The molecule has 0 aliphatic rings. The van der Waals surface area contributed by atoms with Gasteiger partial charge in [-0.15, -0.1) is 0 Å². The van der Waals surface area contributed by atoms with Crippen LogP contribution in [0.5, 0.6) is 5.75 Å². The van der Waals surface area contributed by atoms with Crippen molar-refractivity contribution in [1.82, 2.24) is 0 Å². The van der Waals surface area contributed by atoms with Crippen LogP contribution in [0.1, 0.15) is 10.4 Å². The lowest BCUT2D eigenvalue weighted by atomic mass is 10.1. The summed E-state index contributed by atoms with van der Waals surface area (Å²) in [6.45, 7) is 0. The van der Waals surface area contributed by atoms with Crippen LogP contribution >= 0.6 is 11.6 Å². The number of hydrogen-bond donors (Lipinski definition) is 0. The minimum Gasteiger partial charge on any atom is -0.497 e. The van der Waals surface area contributed by atoms with E-state index in [1.807, 2.05) is 0 Å². The van der Waals surface area contributed by atoms with E-state index in [9.17, 15) is 9.59 Å². The van der Waals surface area contributed by atoms with Gasteiger partial charge >= 0.3 is 5.63 Å². The summed E-state index contributed by atoms with van der Waals surface area (Å²) in [5.74, 6) is 0.537. The fraction of sp³-hybridized carbons (Fsp3) is 0.0909. The van der Waals surface area contributed by atoms with Gasteiger partial charge in [0.05, 0.1) is 12.7 Å². The van der Waals surface area contributed by atoms with E-state index in [-0.39, 0.29) is 11.1 Å². The highest BCUT2D eigenvalue weighted by Crippen LogP contribution is 2.23. The van der Waals surface area contributed by atoms with E-state index in [1.54, 1.807) is 12.1 Å². The third kappa shape index (κ3) is 1.79. The van der Waals surface area contributed by atoms with Gasteiger partial charge in [0.2, 0.25) is 0 Å². The number of halogens is 1. The Hall–Kier alpha value is -1.81. The van der Waals surface area contributed by atoms with Crippen molar-refractivity contribution in [1.29, 1.82) is 0 Å². The van der Waals surface area contributed by atoms with Crippen LogP contribution in [0.15, 0.2) is 33.5 Å². The van der Waals surface area contributed by atoms with Gasteiger partial charge in [0.15, 0.2) is 0 Å². The van der Waals surface area contributed by atoms with Crippen LogP contribution in [0, 0.1) is 0 Å². The number of fused-ring (bicyclic) bond motifs is 1. The van der Waals surface area contributed by atoms with Crippen LogP contribution in [0.25, 0.3) is 11.0 Å². The monoisotopic (exact) mass is 238 g/mol. The molecule has 82 valence electrons. The molecular weight excluding hydrogens is 232 g/mol. The lowest BCUT2D eigenvalue weighted by Gasteiger charge is -2.03. The molecule has 0 amide bonds. The molecule has 0 saturated heterocycles. The number of carbonyl (C=O) groups is 1. The number of benzene rings is 1. The minimum atomic E-state index is -0.692. The molecule has 16 heavy (non-hydrogen) atoms. The Labute approximate surface area is 95.4 Å². The summed E-state index contributed by atoms with van der Waals surface area (Å²) in [7, 11) is 1.50. The van der Waals surface area contributed by atoms with E-state index in [1.165, 1.54) is 13.2 Å². The molecule has 0 aliphatic carbocycles. The van der Waals surface area contributed by atoms with Crippen molar-refractivity contribution in [2.45, 2.75) is 0 Å². The summed E-state index contributed by atoms with van der Waals surface area (Å²) in [6, 6.07) is 5.88. The number of hydrogen-bond acceptors (Lipinski definition) is 4. The molecule has 0 unspecified atom stereocenters. The highest BCUT2D eigenvalue weighted by atomic mass is 35.5. The highest BCUT2D eigenvalue weighted by Gasteiger charge is 2.11. The molecule has 5 heteroatoms. The van der Waals surface area contributed by atoms with E-state index in [4.69, 9.17) is 20.8 Å². The molecule has 0 N–H and O–H groups in total. The molecule has 0 saturated carbocycles. The van der Waals surface area contributed by atoms with E-state index in [0.717, 1.165) is 6.07 Å². The molecule has 0 atom stereocenters. The van der Waals surface area contributed by atoms with Crippen molar-refractivity contribution in [2.75, 3.05) is 7.11 Å². The average Bonchev–Trinajstić information content (AvgIpc) is 2.26. The second-order valence-electron chi connectivity index (χ2n) is 3.11. The summed E-state index contributed by atoms with van der Waals surface area (Å²) in [4.78, 5) is 22.3. The second kappa shape index (κ2) is 3.98. The lowest BCUT2D eigenvalue weighted by Crippen LogP contribution is -2.02. The molecule has 0 spiro atoms. The summed E-state index contributed by atoms with van der Waals surface area (Å²) >= 11 is 5.38. The van der Waals surface area contributed by atoms with Crippen LogP contribution in [0.4, 0.5) is 0 Å². The average molecular weight is 239 g/mol. The topological polar surface area (TPSA) is 56.5 Å². The molecule has 0 bridgehead atoms. The van der Waals surface area contributed by atoms with Gasteiger partial charge in [-0.2, -0.15) is 0 Å². The summed E-state index contributed by atoms with van der Waals surface area (Å²) in [5.41, 5.74) is -0.212. The first-order chi connectivity index (χ1) is 7.61. The van der Waals surface area contributed by atoms with E-state index < -0.39 is 10.9 Å². The Balaban J connectivity index is 2.83. The van der Waals surface area contributed by atoms with Crippen LogP contribution < -0.4 is 10.4 Å². The normalized spacial score (nSPS) is 10.4. The maximum absolute atomic E-state index is 11.2. The van der Waals surface area contributed by atoms with Crippen molar-refractivity contribution < 1.29 is 13.9 Å². The zero-order chi connectivity index (χ0) is 11.7. The Bertz CT molecular complexity index is 615. The van der Waals surface area contributed by atoms with Gasteiger partial charge in [-0.25, -0.2) is 4.79 Å². The Morgan fingerprint density at radius 3 is 2.75 bits per heavy atom. The predicted octanol–water partition coefficient (Wildman–Crippen LogP) is 2.18. The van der Waals surface area contributed by atoms with Gasteiger partial charge in [0, 0.05) is 17.5 Å². The molecule has 0 radical (unpaired) electrons. The van der Waals surface area contributed by atoms with Gasteiger partial charge in [-0.3, -0.25) is 4.79 Å². The van der Waals surface area contributed by atoms with Gasteiger partial charge in [-0.05, 0) is 23.7 Å². The molecule has 2 aromatic rings. The third-order valence-electron chi connectivity index (χ3n) is 2.16. The van der Waals surface area contributed by atoms with Crippen LogP contribution in [0.2, 0.25) is 0 Å². The van der Waals surface area contributed by atoms with Crippen LogP contribution in [-0.4, -0.2) is 12.4 Å². The Kier molecular flexibility index (Phi) is 2.66. The van der Waals surface area contributed by atoms with Crippen LogP contribution in [0.3, 0.4) is 0 Å². The third-order valence-corrected chi connectivity index (χ3v) is 2.37. The smallest absolute Gasteiger partial charge is 0.336 e. The fourth-order valence-corrected chi connectivity index (χ4v) is 1.59. The highest BCUT2D eigenvalue weighted by molar-refractivity contribution is 6.68. The molecule has 1 aromatic heterocycles. The van der Waals surface area contributed by atoms with E-state index in [0.29, 0.717) is 11.1 Å². The van der Waals surface area contributed by atoms with Gasteiger partial charge in [-0.1, -0.05) is 0 Å². The molecular formula is C11H7ClO4. The molecule has 1 heterocycles. The van der Waals surface area contributed by atoms with Crippen molar-refractivity contribution in [3.05, 3.63) is 40.2 Å². The maximum atomic E-state index is 11.2. The quantitative estimate of drug-likeness (QED) is 0.594. The number of ether oxygens (including phenoxy) is 1. The molecule has 4 nitrogen and oxygen atoms in total. The maximum Gasteiger partial charge on any atom is 0.336 e. The molecule has 1 aromatic carbocycles. The first-order valence-corrected chi connectivity index (χ1v) is 4.81. The second-order valence-corrected chi connectivity index (χ2v) is 3.46. The zero-order valence-corrected chi connectivity index (χ0v) is 9.08. The zero-order valence-electron chi connectivity index (χ0n) is 8.32. The first-order valence-electron chi connectivity index (χ1n) is 4.43. The SMILES string of the molecule is COc1ccc2c(C(=O)Cl)cc(=O)oc2c1. The Morgan fingerprint density at radius 1 is 1.38 bits per heavy atom. The first kappa shape index (κ1) is 10.7. The van der Waals surface area contributed by atoms with Crippen molar-refractivity contribution in [3.63, 3.8) is 0 Å². The number of carbonyl (C=O) groups excluding carboxylic acids is 1. The standard InChI is InChI=1S/C11H7ClO4/c1-15-6-2-3-7-8(11(12)14)5-10(13)16-9(7)4-6/h2-5H,1H3. The van der Waals surface area contributed by atoms with Gasteiger partial charge in [0.1, 0.15) is 11.3 Å². The number of rotatable bonds is 2. The summed E-state index contributed by atoms with van der Waals surface area (Å²) in [5, 5.41) is -0.205. The van der Waals surface area contributed by atoms with E-state index >= 15 is 0 Å². The Morgan fingerprint density at radius 2 is 2.12 bits per heavy atom. The minimum absolute atomic E-state index is 0.135.